The molecule has 1 saturated heterocycles. The van der Waals surface area contributed by atoms with E-state index in [9.17, 15) is 0 Å². The molecule has 2 aromatic heterocycles. The van der Waals surface area contributed by atoms with Gasteiger partial charge in [-0.1, -0.05) is 25.9 Å². The first-order valence-corrected chi connectivity index (χ1v) is 12.6. The van der Waals surface area contributed by atoms with Gasteiger partial charge in [0.15, 0.2) is 5.82 Å². The first kappa shape index (κ1) is 25.6. The summed E-state index contributed by atoms with van der Waals surface area (Å²) in [6.07, 6.45) is 5.84. The first-order chi connectivity index (χ1) is 16.0. The van der Waals surface area contributed by atoms with Crippen LogP contribution in [-0.4, -0.2) is 53.4 Å². The fourth-order valence-corrected chi connectivity index (χ4v) is 5.57. The zero-order chi connectivity index (χ0) is 23.8. The standard InChI is InChI=1S/C21H32N6O3S.C2H6/c1-3-16-10-17-18(31-16)4-9-29-21(17)5-7-26(8-6-21)11-15(22)12-27(23)13-20-24-19(14-28-2)25-30-20;1-2/h10,12H,3-9,11,13-14,22-23H2,1-2H3;1-2H3/b15-12-;. The number of likely N-dealkylation sites (tertiary alicyclic amines) is 1. The molecule has 10 heteroatoms. The molecule has 0 atom stereocenters. The normalized spacial score (nSPS) is 18.0. The molecule has 0 saturated carbocycles. The minimum atomic E-state index is -0.121. The van der Waals surface area contributed by atoms with E-state index in [0.717, 1.165) is 45.4 Å². The van der Waals surface area contributed by atoms with Gasteiger partial charge in [0.05, 0.1) is 12.2 Å². The summed E-state index contributed by atoms with van der Waals surface area (Å²) in [5, 5.41) is 5.30. The third-order valence-corrected chi connectivity index (χ3v) is 7.25. The Hall–Kier alpha value is -1.98. The lowest BCUT2D eigenvalue weighted by Crippen LogP contribution is -2.47. The number of rotatable bonds is 8. The van der Waals surface area contributed by atoms with Gasteiger partial charge < -0.3 is 24.7 Å². The third-order valence-electron chi connectivity index (χ3n) is 5.91. The Balaban J connectivity index is 0.00000149. The average Bonchev–Trinajstić information content (AvgIpc) is 3.44. The number of nitrogens with two attached hydrogens (primary N) is 2. The third kappa shape index (κ3) is 6.33. The van der Waals surface area contributed by atoms with Gasteiger partial charge in [0.25, 0.3) is 0 Å². The SMILES string of the molecule is CC.CCc1cc2c(s1)CCOC21CCN(C/C(N)=C/N(N)Cc2nc(COC)no2)CC1. The van der Waals surface area contributed by atoms with Crippen molar-refractivity contribution >= 4 is 11.3 Å². The number of thiophene rings is 1. The summed E-state index contributed by atoms with van der Waals surface area (Å²) in [6, 6.07) is 2.38. The molecule has 2 aliphatic heterocycles. The van der Waals surface area contributed by atoms with Crippen LogP contribution < -0.4 is 11.6 Å². The van der Waals surface area contributed by atoms with Crippen molar-refractivity contribution in [1.82, 2.24) is 20.0 Å². The van der Waals surface area contributed by atoms with E-state index in [0.29, 0.717) is 30.6 Å². The van der Waals surface area contributed by atoms with E-state index in [2.05, 4.69) is 28.0 Å². The molecule has 184 valence electrons. The maximum absolute atomic E-state index is 6.37. The lowest BCUT2D eigenvalue weighted by atomic mass is 9.82. The van der Waals surface area contributed by atoms with Gasteiger partial charge >= 0.3 is 0 Å². The predicted molar refractivity (Wildman–Crippen MR) is 129 cm³/mol. The van der Waals surface area contributed by atoms with E-state index in [1.54, 1.807) is 13.3 Å². The van der Waals surface area contributed by atoms with Crippen molar-refractivity contribution in [3.63, 3.8) is 0 Å². The lowest BCUT2D eigenvalue weighted by Gasteiger charge is -2.44. The van der Waals surface area contributed by atoms with Gasteiger partial charge in [-0.05, 0) is 30.9 Å². The van der Waals surface area contributed by atoms with Crippen molar-refractivity contribution in [2.45, 2.75) is 65.2 Å². The Morgan fingerprint density at radius 3 is 2.82 bits per heavy atom. The molecule has 2 aromatic rings. The number of nitrogens with zero attached hydrogens (tertiary/aromatic N) is 4. The number of ether oxygens (including phenoxy) is 2. The minimum absolute atomic E-state index is 0.121. The zero-order valence-electron chi connectivity index (χ0n) is 20.3. The highest BCUT2D eigenvalue weighted by Gasteiger charge is 2.41. The van der Waals surface area contributed by atoms with Crippen LogP contribution in [0.5, 0.6) is 0 Å². The molecule has 33 heavy (non-hydrogen) atoms. The highest BCUT2D eigenvalue weighted by atomic mass is 32.1. The number of methoxy groups -OCH3 is 1. The van der Waals surface area contributed by atoms with E-state index >= 15 is 0 Å². The van der Waals surface area contributed by atoms with Gasteiger partial charge in [0.1, 0.15) is 13.2 Å². The first-order valence-electron chi connectivity index (χ1n) is 11.8. The van der Waals surface area contributed by atoms with E-state index in [1.807, 2.05) is 25.2 Å². The molecular formula is C23H38N6O3S. The van der Waals surface area contributed by atoms with Crippen molar-refractivity contribution in [3.05, 3.63) is 45.0 Å². The second kappa shape index (κ2) is 11.9. The highest BCUT2D eigenvalue weighted by molar-refractivity contribution is 7.12. The number of aryl methyl sites for hydroxylation is 1. The number of hydrogen-bond acceptors (Lipinski definition) is 10. The van der Waals surface area contributed by atoms with Crippen molar-refractivity contribution < 1.29 is 14.0 Å². The van der Waals surface area contributed by atoms with Crippen LogP contribution in [0.4, 0.5) is 0 Å². The molecule has 1 fully saturated rings. The Morgan fingerprint density at radius 2 is 2.12 bits per heavy atom. The van der Waals surface area contributed by atoms with Crippen LogP contribution in [0.2, 0.25) is 0 Å². The van der Waals surface area contributed by atoms with Crippen molar-refractivity contribution in [1.29, 1.82) is 0 Å². The summed E-state index contributed by atoms with van der Waals surface area (Å²) in [5.41, 5.74) is 8.27. The molecule has 0 radical (unpaired) electrons. The number of hydrazine groups is 1. The van der Waals surface area contributed by atoms with E-state index in [4.69, 9.17) is 25.6 Å². The summed E-state index contributed by atoms with van der Waals surface area (Å²) >= 11 is 1.96. The molecule has 0 bridgehead atoms. The Labute approximate surface area is 200 Å². The van der Waals surface area contributed by atoms with E-state index in [1.165, 1.54) is 20.3 Å². The smallest absolute Gasteiger partial charge is 0.247 e. The zero-order valence-corrected chi connectivity index (χ0v) is 21.1. The number of aromatic nitrogens is 2. The topological polar surface area (TPSA) is 116 Å². The maximum Gasteiger partial charge on any atom is 0.247 e. The Bertz CT molecular complexity index is 904. The fourth-order valence-electron chi connectivity index (χ4n) is 4.39. The van der Waals surface area contributed by atoms with Crippen molar-refractivity contribution in [3.8, 4) is 0 Å². The second-order valence-electron chi connectivity index (χ2n) is 8.19. The number of hydrogen-bond donors (Lipinski definition) is 2. The predicted octanol–water partition coefficient (Wildman–Crippen LogP) is 2.91. The van der Waals surface area contributed by atoms with Crippen LogP contribution in [0.15, 0.2) is 22.5 Å². The summed E-state index contributed by atoms with van der Waals surface area (Å²) in [4.78, 5) is 9.56. The monoisotopic (exact) mass is 478 g/mol. The molecule has 1 spiro atoms. The van der Waals surface area contributed by atoms with Crippen LogP contribution in [0.1, 0.15) is 60.6 Å². The van der Waals surface area contributed by atoms with Gasteiger partial charge in [0, 0.05) is 54.8 Å². The van der Waals surface area contributed by atoms with E-state index < -0.39 is 0 Å². The molecule has 0 amide bonds. The summed E-state index contributed by atoms with van der Waals surface area (Å²) < 4.78 is 16.5. The summed E-state index contributed by atoms with van der Waals surface area (Å²) in [7, 11) is 1.58. The summed E-state index contributed by atoms with van der Waals surface area (Å²) in [5.74, 6) is 6.97. The average molecular weight is 479 g/mol. The number of fused-ring (bicyclic) bond motifs is 2. The van der Waals surface area contributed by atoms with Gasteiger partial charge in [-0.25, -0.2) is 5.84 Å². The van der Waals surface area contributed by atoms with Crippen LogP contribution in [0.25, 0.3) is 0 Å². The minimum Gasteiger partial charge on any atom is -0.400 e. The second-order valence-corrected chi connectivity index (χ2v) is 9.41. The lowest BCUT2D eigenvalue weighted by molar-refractivity contribution is -0.0961. The van der Waals surface area contributed by atoms with Crippen LogP contribution in [0, 0.1) is 0 Å². The fraction of sp³-hybridized carbons (Fsp3) is 0.652. The van der Waals surface area contributed by atoms with Gasteiger partial charge in [-0.2, -0.15) is 4.98 Å². The van der Waals surface area contributed by atoms with Gasteiger partial charge in [0.2, 0.25) is 5.89 Å². The Kier molecular flexibility index (Phi) is 9.27. The Morgan fingerprint density at radius 1 is 1.36 bits per heavy atom. The molecule has 0 aromatic carbocycles. The van der Waals surface area contributed by atoms with Gasteiger partial charge in [-0.15, -0.1) is 11.3 Å². The molecule has 4 rings (SSSR count). The van der Waals surface area contributed by atoms with Gasteiger partial charge in [-0.3, -0.25) is 4.90 Å². The number of piperidine rings is 1. The molecule has 4 N–H and O–H groups in total. The van der Waals surface area contributed by atoms with Crippen molar-refractivity contribution in [2.75, 3.05) is 33.4 Å². The molecule has 2 aliphatic rings. The highest BCUT2D eigenvalue weighted by Crippen LogP contribution is 2.44. The quantitative estimate of drug-likeness (QED) is 0.436. The molecular weight excluding hydrogens is 440 g/mol. The van der Waals surface area contributed by atoms with Crippen LogP contribution in [0.3, 0.4) is 0 Å². The maximum atomic E-state index is 6.37. The molecule has 0 aliphatic carbocycles. The van der Waals surface area contributed by atoms with Crippen molar-refractivity contribution in [2.24, 2.45) is 11.6 Å². The molecule has 4 heterocycles. The van der Waals surface area contributed by atoms with Crippen LogP contribution >= 0.6 is 11.3 Å². The largest absolute Gasteiger partial charge is 0.400 e. The summed E-state index contributed by atoms with van der Waals surface area (Å²) in [6.45, 7) is 10.2. The molecule has 0 unspecified atom stereocenters. The van der Waals surface area contributed by atoms with E-state index in [-0.39, 0.29) is 12.1 Å². The molecule has 9 nitrogen and oxygen atoms in total. The van der Waals surface area contributed by atoms with Crippen LogP contribution in [-0.2, 0) is 41.1 Å².